The highest BCUT2D eigenvalue weighted by Crippen LogP contribution is 2.20. The maximum Gasteiger partial charge on any atom is 0.162 e. The molecule has 0 saturated carbocycles. The molecule has 2 aromatic carbocycles. The van der Waals surface area contributed by atoms with Crippen molar-refractivity contribution in [3.8, 4) is 5.75 Å². The van der Waals surface area contributed by atoms with Gasteiger partial charge in [-0.25, -0.2) is 0 Å². The van der Waals surface area contributed by atoms with Crippen molar-refractivity contribution in [2.75, 3.05) is 7.11 Å². The maximum atomic E-state index is 11.9. The molecule has 0 radical (unpaired) electrons. The maximum absolute atomic E-state index is 11.9. The normalized spacial score (nSPS) is 10.8. The van der Waals surface area contributed by atoms with Crippen LogP contribution in [0, 0.1) is 0 Å². The van der Waals surface area contributed by atoms with Gasteiger partial charge in [-0.2, -0.15) is 0 Å². The van der Waals surface area contributed by atoms with Crippen LogP contribution in [0.1, 0.15) is 29.3 Å². The summed E-state index contributed by atoms with van der Waals surface area (Å²) in [5.74, 6) is 1.04. The molecule has 0 N–H and O–H groups in total. The molecule has 0 amide bonds. The predicted molar refractivity (Wildman–Crippen MR) is 88.7 cm³/mol. The highest BCUT2D eigenvalue weighted by Gasteiger charge is 2.07. The lowest BCUT2D eigenvalue weighted by molar-refractivity contribution is 0.0988. The minimum absolute atomic E-state index is 0.180. The number of carbonyl (C=O) groups excluding carboxylic acids is 1. The third-order valence-corrected chi connectivity index (χ3v) is 3.93. The zero-order valence-electron chi connectivity index (χ0n) is 12.9. The van der Waals surface area contributed by atoms with Gasteiger partial charge in [-0.05, 0) is 35.2 Å². The van der Waals surface area contributed by atoms with Crippen molar-refractivity contribution in [3.05, 3.63) is 65.9 Å². The number of ether oxygens (including phenoxy) is 1. The van der Waals surface area contributed by atoms with Crippen LogP contribution < -0.4 is 4.74 Å². The molecule has 0 aliphatic heterocycles. The zero-order valence-corrected chi connectivity index (χ0v) is 12.9. The minimum atomic E-state index is 0.180. The Balaban J connectivity index is 1.94. The summed E-state index contributed by atoms with van der Waals surface area (Å²) in [6.45, 7) is 2.67. The van der Waals surface area contributed by atoms with Gasteiger partial charge in [0.15, 0.2) is 5.78 Å². The summed E-state index contributed by atoms with van der Waals surface area (Å²) in [6.07, 6.45) is 2.60. The van der Waals surface area contributed by atoms with Crippen LogP contribution in [0.4, 0.5) is 0 Å². The van der Waals surface area contributed by atoms with Gasteiger partial charge in [0, 0.05) is 30.2 Å². The molecular weight excluding hydrogens is 274 g/mol. The van der Waals surface area contributed by atoms with Crippen LogP contribution in [0.15, 0.2) is 54.7 Å². The summed E-state index contributed by atoms with van der Waals surface area (Å²) >= 11 is 0. The predicted octanol–water partition coefficient (Wildman–Crippen LogP) is 4.29. The molecule has 0 aliphatic carbocycles. The Hall–Kier alpha value is -2.55. The van der Waals surface area contributed by atoms with Crippen LogP contribution in [-0.4, -0.2) is 17.5 Å². The van der Waals surface area contributed by atoms with Gasteiger partial charge < -0.3 is 9.30 Å². The first kappa shape index (κ1) is 14.4. The number of carbonyl (C=O) groups is 1. The highest BCUT2D eigenvalue weighted by molar-refractivity contribution is 5.99. The number of nitrogens with zero attached hydrogens (tertiary/aromatic N) is 1. The molecule has 0 saturated heterocycles. The first-order valence-corrected chi connectivity index (χ1v) is 7.46. The Morgan fingerprint density at radius 2 is 1.86 bits per heavy atom. The molecule has 3 aromatic rings. The van der Waals surface area contributed by atoms with Crippen molar-refractivity contribution < 1.29 is 9.53 Å². The summed E-state index contributed by atoms with van der Waals surface area (Å²) < 4.78 is 7.35. The third kappa shape index (κ3) is 2.75. The Labute approximate surface area is 130 Å². The molecular formula is C19H19NO2. The lowest BCUT2D eigenvalue weighted by atomic mass is 10.1. The summed E-state index contributed by atoms with van der Waals surface area (Å²) in [5, 5.41) is 1.15. The van der Waals surface area contributed by atoms with Crippen molar-refractivity contribution in [2.45, 2.75) is 19.9 Å². The fourth-order valence-corrected chi connectivity index (χ4v) is 2.63. The lowest BCUT2D eigenvalue weighted by Crippen LogP contribution is -2.00. The average Bonchev–Trinajstić information content (AvgIpc) is 2.97. The van der Waals surface area contributed by atoms with E-state index in [1.54, 1.807) is 7.11 Å². The fraction of sp³-hybridized carbons (Fsp3) is 0.211. The monoisotopic (exact) mass is 293 g/mol. The molecule has 0 fully saturated rings. The van der Waals surface area contributed by atoms with Crippen LogP contribution in [-0.2, 0) is 6.54 Å². The topological polar surface area (TPSA) is 31.2 Å². The second-order valence-corrected chi connectivity index (χ2v) is 5.34. The Morgan fingerprint density at radius 1 is 1.09 bits per heavy atom. The molecule has 0 aliphatic rings. The van der Waals surface area contributed by atoms with E-state index in [0.29, 0.717) is 6.42 Å². The van der Waals surface area contributed by atoms with E-state index in [1.807, 2.05) is 37.3 Å². The largest absolute Gasteiger partial charge is 0.497 e. The number of fused-ring (bicyclic) bond motifs is 1. The molecule has 1 heterocycles. The molecule has 112 valence electrons. The van der Waals surface area contributed by atoms with Gasteiger partial charge in [0.2, 0.25) is 0 Å². The Bertz CT molecular complexity index is 800. The van der Waals surface area contributed by atoms with Gasteiger partial charge in [0.25, 0.3) is 0 Å². The standard InChI is InChI=1S/C19H19NO2/c1-3-19(21)16-7-6-15-10-11-20(18(15)12-16)13-14-4-8-17(22-2)9-5-14/h4-12H,3,13H2,1-2H3. The number of methoxy groups -OCH3 is 1. The molecule has 3 rings (SSSR count). The number of hydrogen-bond donors (Lipinski definition) is 0. The van der Waals surface area contributed by atoms with Gasteiger partial charge in [-0.1, -0.05) is 31.2 Å². The minimum Gasteiger partial charge on any atom is -0.497 e. The molecule has 0 unspecified atom stereocenters. The number of Topliss-reactive ketones (excluding diaryl/α,β-unsaturated/α-hetero) is 1. The van der Waals surface area contributed by atoms with Crippen LogP contribution in [0.5, 0.6) is 5.75 Å². The molecule has 3 heteroatoms. The average molecular weight is 293 g/mol. The number of hydrogen-bond acceptors (Lipinski definition) is 2. The van der Waals surface area contributed by atoms with Gasteiger partial charge in [0.1, 0.15) is 5.75 Å². The van der Waals surface area contributed by atoms with Crippen LogP contribution in [0.2, 0.25) is 0 Å². The molecule has 0 spiro atoms. The van der Waals surface area contributed by atoms with Crippen molar-refractivity contribution in [3.63, 3.8) is 0 Å². The first-order valence-electron chi connectivity index (χ1n) is 7.46. The Morgan fingerprint density at radius 3 is 2.55 bits per heavy atom. The van der Waals surface area contributed by atoms with Crippen molar-refractivity contribution in [1.82, 2.24) is 4.57 Å². The molecule has 3 nitrogen and oxygen atoms in total. The van der Waals surface area contributed by atoms with E-state index >= 15 is 0 Å². The van der Waals surface area contributed by atoms with Crippen molar-refractivity contribution in [2.24, 2.45) is 0 Å². The van der Waals surface area contributed by atoms with Gasteiger partial charge in [-0.3, -0.25) is 4.79 Å². The highest BCUT2D eigenvalue weighted by atomic mass is 16.5. The molecule has 0 bridgehead atoms. The number of rotatable bonds is 5. The smallest absolute Gasteiger partial charge is 0.162 e. The van der Waals surface area contributed by atoms with Gasteiger partial charge in [0.05, 0.1) is 7.11 Å². The number of aromatic nitrogens is 1. The summed E-state index contributed by atoms with van der Waals surface area (Å²) in [5.41, 5.74) is 3.07. The van der Waals surface area contributed by atoms with E-state index in [0.717, 1.165) is 28.8 Å². The summed E-state index contributed by atoms with van der Waals surface area (Å²) in [4.78, 5) is 11.9. The molecule has 0 atom stereocenters. The van der Waals surface area contributed by atoms with Crippen LogP contribution in [0.25, 0.3) is 10.9 Å². The molecule has 1 aromatic heterocycles. The SMILES string of the molecule is CCC(=O)c1ccc2ccn(Cc3ccc(OC)cc3)c2c1. The lowest BCUT2D eigenvalue weighted by Gasteiger charge is -2.08. The second-order valence-electron chi connectivity index (χ2n) is 5.34. The summed E-state index contributed by atoms with van der Waals surface area (Å²) in [6, 6.07) is 16.1. The first-order chi connectivity index (χ1) is 10.7. The quantitative estimate of drug-likeness (QED) is 0.657. The van der Waals surface area contributed by atoms with Crippen molar-refractivity contribution in [1.29, 1.82) is 0 Å². The van der Waals surface area contributed by atoms with Gasteiger partial charge in [-0.15, -0.1) is 0 Å². The number of ketones is 1. The third-order valence-electron chi connectivity index (χ3n) is 3.93. The van der Waals surface area contributed by atoms with Gasteiger partial charge >= 0.3 is 0 Å². The fourth-order valence-electron chi connectivity index (χ4n) is 2.63. The zero-order chi connectivity index (χ0) is 15.5. The van der Waals surface area contributed by atoms with E-state index in [4.69, 9.17) is 4.74 Å². The van der Waals surface area contributed by atoms with Crippen LogP contribution >= 0.6 is 0 Å². The van der Waals surface area contributed by atoms with E-state index in [-0.39, 0.29) is 5.78 Å². The Kier molecular flexibility index (Phi) is 3.96. The van der Waals surface area contributed by atoms with Crippen molar-refractivity contribution >= 4 is 16.7 Å². The molecule has 22 heavy (non-hydrogen) atoms. The second kappa shape index (κ2) is 6.06. The number of benzene rings is 2. The van der Waals surface area contributed by atoms with E-state index in [1.165, 1.54) is 5.56 Å². The van der Waals surface area contributed by atoms with Crippen LogP contribution in [0.3, 0.4) is 0 Å². The van der Waals surface area contributed by atoms with E-state index in [9.17, 15) is 4.79 Å². The summed E-state index contributed by atoms with van der Waals surface area (Å²) in [7, 11) is 1.67. The van der Waals surface area contributed by atoms with E-state index < -0.39 is 0 Å². The van der Waals surface area contributed by atoms with E-state index in [2.05, 4.69) is 29.0 Å².